The molecular formula is C20H34IN2-. The molecule has 0 aromatic rings. The standard InChI is InChI=1S/C20H34IN2/c1-14(2)19-4-3-13-21-20(19,15-5-9-17(22)10-6-15)16-7-11-18(23)12-8-16/h3-4,13-18H,5-12,22-23H2,1-2H3/q-1. The maximum atomic E-state index is 6.22. The van der Waals surface area contributed by atoms with Crippen LogP contribution in [0.25, 0.3) is 0 Å². The SMILES string of the molecule is CC(C)C1=CC=C[I-]C1(C1CCC(N)CC1)C1CCC(N)CC1. The van der Waals surface area contributed by atoms with E-state index < -0.39 is 0 Å². The summed E-state index contributed by atoms with van der Waals surface area (Å²) in [6, 6.07) is 0.902. The minimum atomic E-state index is 0.0783. The fourth-order valence-electron chi connectivity index (χ4n) is 5.17. The predicted molar refractivity (Wildman–Crippen MR) is 94.7 cm³/mol. The topological polar surface area (TPSA) is 52.0 Å². The summed E-state index contributed by atoms with van der Waals surface area (Å²) in [6.45, 7) is 4.82. The van der Waals surface area contributed by atoms with Gasteiger partial charge in [-0.05, 0) is 0 Å². The number of halogens is 1. The fourth-order valence-corrected chi connectivity index (χ4v) is 9.60. The van der Waals surface area contributed by atoms with Gasteiger partial charge in [0, 0.05) is 0 Å². The van der Waals surface area contributed by atoms with Crippen LogP contribution in [-0.2, 0) is 0 Å². The summed E-state index contributed by atoms with van der Waals surface area (Å²) in [5, 5.41) is 0. The van der Waals surface area contributed by atoms with Crippen molar-refractivity contribution in [1.29, 1.82) is 0 Å². The van der Waals surface area contributed by atoms with Crippen LogP contribution in [0.2, 0.25) is 0 Å². The molecule has 0 atom stereocenters. The average molecular weight is 429 g/mol. The molecule has 0 radical (unpaired) electrons. The van der Waals surface area contributed by atoms with Crippen LogP contribution in [0.1, 0.15) is 65.2 Å². The summed E-state index contributed by atoms with van der Waals surface area (Å²) in [7, 11) is 0. The quantitative estimate of drug-likeness (QED) is 0.519. The third kappa shape index (κ3) is 3.57. The first-order chi connectivity index (χ1) is 11.0. The molecule has 0 saturated heterocycles. The van der Waals surface area contributed by atoms with E-state index in [1.807, 2.05) is 0 Å². The molecule has 0 amide bonds. The molecule has 3 aliphatic rings. The Balaban J connectivity index is 1.92. The zero-order valence-electron chi connectivity index (χ0n) is 14.8. The molecule has 0 bridgehead atoms. The second kappa shape index (κ2) is 7.57. The van der Waals surface area contributed by atoms with E-state index in [1.165, 1.54) is 51.4 Å². The normalized spacial score (nSPS) is 42.2. The molecule has 2 fully saturated rings. The van der Waals surface area contributed by atoms with E-state index >= 15 is 0 Å². The van der Waals surface area contributed by atoms with Crippen molar-refractivity contribution >= 4 is 0 Å². The maximum absolute atomic E-state index is 6.22. The van der Waals surface area contributed by atoms with Gasteiger partial charge in [0.25, 0.3) is 0 Å². The summed E-state index contributed by atoms with van der Waals surface area (Å²) < 4.78 is 3.05. The Bertz CT molecular complexity index is 430. The minimum absolute atomic E-state index is 0.0783. The van der Waals surface area contributed by atoms with Crippen LogP contribution in [0, 0.1) is 17.8 Å². The van der Waals surface area contributed by atoms with Gasteiger partial charge in [0.15, 0.2) is 0 Å². The molecule has 1 heterocycles. The molecule has 0 aromatic heterocycles. The Hall–Kier alpha value is 0.130. The van der Waals surface area contributed by atoms with Crippen LogP contribution in [0.3, 0.4) is 0 Å². The van der Waals surface area contributed by atoms with E-state index in [2.05, 4.69) is 30.1 Å². The van der Waals surface area contributed by atoms with Crippen LogP contribution in [0.15, 0.2) is 21.8 Å². The van der Waals surface area contributed by atoms with E-state index in [0.29, 0.717) is 21.4 Å². The molecule has 0 unspecified atom stereocenters. The van der Waals surface area contributed by atoms with Crippen molar-refractivity contribution in [3.05, 3.63) is 21.8 Å². The van der Waals surface area contributed by atoms with Gasteiger partial charge in [-0.3, -0.25) is 0 Å². The van der Waals surface area contributed by atoms with Crippen molar-refractivity contribution in [3.63, 3.8) is 0 Å². The van der Waals surface area contributed by atoms with Gasteiger partial charge in [-0.25, -0.2) is 0 Å². The van der Waals surface area contributed by atoms with Crippen LogP contribution in [-0.4, -0.2) is 15.5 Å². The van der Waals surface area contributed by atoms with Gasteiger partial charge >= 0.3 is 153 Å². The van der Waals surface area contributed by atoms with Crippen molar-refractivity contribution in [1.82, 2.24) is 0 Å². The molecule has 0 spiro atoms. The number of alkyl halides is 1. The molecule has 132 valence electrons. The molecule has 1 aliphatic heterocycles. The zero-order valence-corrected chi connectivity index (χ0v) is 17.0. The Kier molecular flexibility index (Phi) is 5.90. The van der Waals surface area contributed by atoms with E-state index in [-0.39, 0.29) is 21.2 Å². The number of hydrogen-bond acceptors (Lipinski definition) is 2. The second-order valence-electron chi connectivity index (χ2n) is 8.20. The molecule has 3 rings (SSSR count). The summed E-state index contributed by atoms with van der Waals surface area (Å²) in [5.41, 5.74) is 14.2. The summed E-state index contributed by atoms with van der Waals surface area (Å²) >= 11 is 0.0783. The van der Waals surface area contributed by atoms with Crippen molar-refractivity contribution in [2.45, 2.75) is 80.7 Å². The van der Waals surface area contributed by atoms with Crippen LogP contribution in [0.5, 0.6) is 0 Å². The number of nitrogens with two attached hydrogens (primary N) is 2. The van der Waals surface area contributed by atoms with Crippen molar-refractivity contribution < 1.29 is 21.2 Å². The Morgan fingerprint density at radius 2 is 1.39 bits per heavy atom. The molecule has 23 heavy (non-hydrogen) atoms. The van der Waals surface area contributed by atoms with Gasteiger partial charge in [0.1, 0.15) is 0 Å². The number of rotatable bonds is 3. The first-order valence-electron chi connectivity index (χ1n) is 9.57. The zero-order chi connectivity index (χ0) is 16.4. The van der Waals surface area contributed by atoms with Gasteiger partial charge in [-0.1, -0.05) is 0 Å². The molecule has 3 heteroatoms. The molecule has 0 aromatic carbocycles. The van der Waals surface area contributed by atoms with Crippen molar-refractivity contribution in [3.8, 4) is 0 Å². The summed E-state index contributed by atoms with van der Waals surface area (Å²) in [4.78, 5) is 0. The van der Waals surface area contributed by atoms with Gasteiger partial charge in [-0.2, -0.15) is 0 Å². The third-order valence-electron chi connectivity index (χ3n) is 6.39. The van der Waals surface area contributed by atoms with E-state index in [1.54, 1.807) is 5.57 Å². The summed E-state index contributed by atoms with van der Waals surface area (Å²) in [6.07, 6.45) is 15.2. The average Bonchev–Trinajstić information content (AvgIpc) is 2.56. The van der Waals surface area contributed by atoms with Gasteiger partial charge in [0.05, 0.1) is 0 Å². The molecule has 2 saturated carbocycles. The van der Waals surface area contributed by atoms with Crippen molar-refractivity contribution in [2.24, 2.45) is 29.2 Å². The monoisotopic (exact) mass is 429 g/mol. The van der Waals surface area contributed by atoms with E-state index in [9.17, 15) is 0 Å². The first-order valence-corrected chi connectivity index (χ1v) is 11.9. The van der Waals surface area contributed by atoms with E-state index in [4.69, 9.17) is 11.5 Å². The Morgan fingerprint density at radius 1 is 0.913 bits per heavy atom. The van der Waals surface area contributed by atoms with Gasteiger partial charge in [0.2, 0.25) is 0 Å². The van der Waals surface area contributed by atoms with Gasteiger partial charge in [-0.15, -0.1) is 0 Å². The third-order valence-corrected chi connectivity index (χ3v) is 10.6. The molecular weight excluding hydrogens is 395 g/mol. The molecule has 4 N–H and O–H groups in total. The fraction of sp³-hybridized carbons (Fsp3) is 0.800. The predicted octanol–water partition coefficient (Wildman–Crippen LogP) is 0.959. The van der Waals surface area contributed by atoms with Gasteiger partial charge < -0.3 is 0 Å². The Labute approximate surface area is 152 Å². The number of allylic oxidation sites excluding steroid dienone is 3. The molecule has 2 nitrogen and oxygen atoms in total. The van der Waals surface area contributed by atoms with Crippen LogP contribution < -0.4 is 32.7 Å². The first kappa shape index (κ1) is 17.9. The number of hydrogen-bond donors (Lipinski definition) is 2. The van der Waals surface area contributed by atoms with Crippen molar-refractivity contribution in [2.75, 3.05) is 0 Å². The second-order valence-corrected chi connectivity index (χ2v) is 11.3. The van der Waals surface area contributed by atoms with Crippen LogP contribution >= 0.6 is 0 Å². The molecule has 2 aliphatic carbocycles. The Morgan fingerprint density at radius 3 is 1.83 bits per heavy atom. The summed E-state index contributed by atoms with van der Waals surface area (Å²) in [5.74, 6) is 2.41. The van der Waals surface area contributed by atoms with Crippen LogP contribution in [0.4, 0.5) is 0 Å². The van der Waals surface area contributed by atoms with E-state index in [0.717, 1.165) is 11.8 Å².